The van der Waals surface area contributed by atoms with Gasteiger partial charge in [0.2, 0.25) is 6.08 Å². The average molecular weight is 871 g/mol. The van der Waals surface area contributed by atoms with Gasteiger partial charge in [0.05, 0.1) is 52.8 Å². The van der Waals surface area contributed by atoms with Crippen LogP contribution in [0.25, 0.3) is 0 Å². The Morgan fingerprint density at radius 1 is 0.709 bits per heavy atom. The molecule has 0 spiro atoms. The quantitative estimate of drug-likeness (QED) is 0.0435. The van der Waals surface area contributed by atoms with E-state index in [9.17, 15) is 19.2 Å². The van der Waals surface area contributed by atoms with E-state index in [0.29, 0.717) is 55.7 Å². The van der Waals surface area contributed by atoms with E-state index in [1.807, 2.05) is 36.4 Å². The molecule has 4 aromatic rings. The van der Waals surface area contributed by atoms with Crippen LogP contribution < -0.4 is 16.4 Å². The number of ether oxygens (including phenoxy) is 3. The number of nitrogens with zero attached hydrogens (tertiary/aromatic N) is 1. The Hall–Kier alpha value is -3.91. The summed E-state index contributed by atoms with van der Waals surface area (Å²) < 4.78 is 14.1. The number of nitrogens with two attached hydrogens (primary N) is 1. The SMILES string of the molecule is C1CCOC1.COC(=O)CCSc1ccc(N)cc1.COC(=O)CCSc1ccc(NC(=O)Nc2ccc(Cl)c(Cl)c2)cc1.O=C=Nc1ccc(Cl)c(Cl)c1. The van der Waals surface area contributed by atoms with Crippen molar-refractivity contribution >= 4 is 117 Å². The molecule has 17 heteroatoms. The largest absolute Gasteiger partial charge is 0.469 e. The number of urea groups is 1. The van der Waals surface area contributed by atoms with Crippen LogP contribution in [0.5, 0.6) is 0 Å². The summed E-state index contributed by atoms with van der Waals surface area (Å²) in [5.74, 6) is 0.964. The van der Waals surface area contributed by atoms with E-state index in [4.69, 9.17) is 56.9 Å². The Balaban J connectivity index is 0.000000291. The van der Waals surface area contributed by atoms with Crippen LogP contribution in [0.4, 0.5) is 27.5 Å². The van der Waals surface area contributed by atoms with E-state index < -0.39 is 0 Å². The molecule has 1 heterocycles. The number of benzene rings is 4. The van der Waals surface area contributed by atoms with Gasteiger partial charge in [-0.25, -0.2) is 9.59 Å². The van der Waals surface area contributed by atoms with Crippen LogP contribution in [0.1, 0.15) is 25.7 Å². The zero-order valence-electron chi connectivity index (χ0n) is 30.0. The number of nitrogens with one attached hydrogen (secondary N) is 2. The van der Waals surface area contributed by atoms with Gasteiger partial charge in [-0.05, 0) is 97.8 Å². The molecule has 2 amide bonds. The first-order valence-electron chi connectivity index (χ1n) is 16.4. The highest BCUT2D eigenvalue weighted by Gasteiger charge is 2.06. The molecule has 0 aromatic heterocycles. The summed E-state index contributed by atoms with van der Waals surface area (Å²) in [7, 11) is 2.77. The van der Waals surface area contributed by atoms with Gasteiger partial charge in [-0.3, -0.25) is 9.59 Å². The fraction of sp³-hybridized carbons (Fsp3) is 0.263. The maximum absolute atomic E-state index is 12.0. The number of nitrogen functional groups attached to an aromatic ring is 1. The summed E-state index contributed by atoms with van der Waals surface area (Å²) in [5, 5.41) is 7.01. The molecule has 1 saturated heterocycles. The maximum Gasteiger partial charge on any atom is 0.323 e. The van der Waals surface area contributed by atoms with E-state index >= 15 is 0 Å². The van der Waals surface area contributed by atoms with Gasteiger partial charge in [0, 0.05) is 51.6 Å². The Kier molecular flexibility index (Phi) is 23.7. The Labute approximate surface area is 349 Å². The molecule has 55 heavy (non-hydrogen) atoms. The van der Waals surface area contributed by atoms with Crippen molar-refractivity contribution in [2.24, 2.45) is 4.99 Å². The molecule has 5 rings (SSSR count). The third kappa shape index (κ3) is 21.1. The van der Waals surface area contributed by atoms with Crippen molar-refractivity contribution in [3.8, 4) is 0 Å². The Morgan fingerprint density at radius 3 is 1.64 bits per heavy atom. The van der Waals surface area contributed by atoms with Gasteiger partial charge in [-0.15, -0.1) is 23.5 Å². The van der Waals surface area contributed by atoms with Gasteiger partial charge in [0.15, 0.2) is 0 Å². The lowest BCUT2D eigenvalue weighted by Crippen LogP contribution is -2.19. The highest BCUT2D eigenvalue weighted by molar-refractivity contribution is 7.99. The number of carbonyl (C=O) groups is 3. The molecule has 0 bridgehead atoms. The summed E-state index contributed by atoms with van der Waals surface area (Å²) in [6.45, 7) is 2.00. The number of rotatable bonds is 11. The minimum absolute atomic E-state index is 0.173. The predicted molar refractivity (Wildman–Crippen MR) is 225 cm³/mol. The number of methoxy groups -OCH3 is 2. The normalized spacial score (nSPS) is 11.1. The van der Waals surface area contributed by atoms with Crippen molar-refractivity contribution in [2.45, 2.75) is 35.5 Å². The number of amides is 2. The third-order valence-electron chi connectivity index (χ3n) is 6.68. The van der Waals surface area contributed by atoms with Crippen LogP contribution in [0, 0.1) is 0 Å². The second kappa shape index (κ2) is 27.6. The summed E-state index contributed by atoms with van der Waals surface area (Å²) in [6, 6.07) is 24.0. The topological polar surface area (TPSA) is 158 Å². The van der Waals surface area contributed by atoms with Crippen molar-refractivity contribution in [1.29, 1.82) is 0 Å². The highest BCUT2D eigenvalue weighted by atomic mass is 35.5. The van der Waals surface area contributed by atoms with Crippen LogP contribution in [0.15, 0.2) is 99.7 Å². The van der Waals surface area contributed by atoms with Gasteiger partial charge in [0.25, 0.3) is 0 Å². The molecule has 1 aliphatic heterocycles. The summed E-state index contributed by atoms with van der Waals surface area (Å²) in [6.07, 6.45) is 4.75. The fourth-order valence-corrected chi connectivity index (χ4v) is 6.15. The van der Waals surface area contributed by atoms with Crippen molar-refractivity contribution in [2.75, 3.05) is 55.3 Å². The molecule has 294 valence electrons. The second-order valence-corrected chi connectivity index (χ2v) is 14.7. The van der Waals surface area contributed by atoms with Gasteiger partial charge >= 0.3 is 18.0 Å². The van der Waals surface area contributed by atoms with E-state index in [0.717, 1.165) is 34.4 Å². The van der Waals surface area contributed by atoms with Gasteiger partial charge < -0.3 is 30.6 Å². The highest BCUT2D eigenvalue weighted by Crippen LogP contribution is 2.27. The molecule has 0 atom stereocenters. The number of hydrogen-bond donors (Lipinski definition) is 3. The van der Waals surface area contributed by atoms with Crippen molar-refractivity contribution in [3.05, 3.63) is 105 Å². The molecule has 0 aliphatic carbocycles. The smallest absolute Gasteiger partial charge is 0.323 e. The van der Waals surface area contributed by atoms with Gasteiger partial charge in [-0.1, -0.05) is 46.4 Å². The lowest BCUT2D eigenvalue weighted by atomic mass is 10.3. The molecule has 1 aliphatic rings. The number of anilines is 3. The van der Waals surface area contributed by atoms with Crippen LogP contribution in [-0.4, -0.2) is 63.0 Å². The lowest BCUT2D eigenvalue weighted by Gasteiger charge is -2.09. The Morgan fingerprint density at radius 2 is 1.18 bits per heavy atom. The molecule has 0 unspecified atom stereocenters. The molecule has 0 saturated carbocycles. The zero-order chi connectivity index (χ0) is 40.4. The third-order valence-corrected chi connectivity index (χ3v) is 10.2. The first-order valence-corrected chi connectivity index (χ1v) is 19.9. The number of hydrogen-bond acceptors (Lipinski definition) is 11. The van der Waals surface area contributed by atoms with Gasteiger partial charge in [0.1, 0.15) is 0 Å². The van der Waals surface area contributed by atoms with E-state index in [1.54, 1.807) is 66.0 Å². The van der Waals surface area contributed by atoms with Gasteiger partial charge in [-0.2, -0.15) is 4.99 Å². The molecule has 4 N–H and O–H groups in total. The fourth-order valence-electron chi connectivity index (χ4n) is 3.89. The summed E-state index contributed by atoms with van der Waals surface area (Å²) in [4.78, 5) is 49.1. The average Bonchev–Trinajstić information content (AvgIpc) is 3.77. The van der Waals surface area contributed by atoms with Crippen LogP contribution in [0.2, 0.25) is 20.1 Å². The first-order chi connectivity index (χ1) is 26.4. The summed E-state index contributed by atoms with van der Waals surface area (Å²) in [5.41, 5.74) is 7.94. The molecule has 11 nitrogen and oxygen atoms in total. The number of isocyanates is 1. The lowest BCUT2D eigenvalue weighted by molar-refractivity contribution is -0.141. The first kappa shape index (κ1) is 47.2. The van der Waals surface area contributed by atoms with Crippen LogP contribution in [0.3, 0.4) is 0 Å². The van der Waals surface area contributed by atoms with E-state index in [2.05, 4.69) is 25.1 Å². The minimum Gasteiger partial charge on any atom is -0.469 e. The molecular formula is C38H40Cl4N4O7S2. The number of carbonyl (C=O) groups excluding carboxylic acids is 4. The van der Waals surface area contributed by atoms with E-state index in [1.165, 1.54) is 39.2 Å². The zero-order valence-corrected chi connectivity index (χ0v) is 34.6. The minimum atomic E-state index is -0.385. The number of aliphatic imine (C=N–C) groups is 1. The predicted octanol–water partition coefficient (Wildman–Crippen LogP) is 11.0. The van der Waals surface area contributed by atoms with Crippen molar-refractivity contribution in [1.82, 2.24) is 0 Å². The maximum atomic E-state index is 12.0. The van der Waals surface area contributed by atoms with Crippen LogP contribution in [-0.2, 0) is 28.6 Å². The number of thioether (sulfide) groups is 2. The van der Waals surface area contributed by atoms with E-state index in [-0.39, 0.29) is 18.0 Å². The van der Waals surface area contributed by atoms with Crippen molar-refractivity contribution < 1.29 is 33.4 Å². The standard InChI is InChI=1S/C17H16Cl2N2O3S.C10H13NO2S.C7H3Cl2NO.C4H8O/c1-24-16(22)8-9-25-13-5-2-11(3-6-13)20-17(23)21-12-4-7-14(18)15(19)10-12;1-13-10(12)6-7-14-9-4-2-8(11)3-5-9;8-6-2-1-5(10-4-11)3-7(6)9;1-2-4-5-3-1/h2-7,10H,8-9H2,1H3,(H2,20,21,23);2-5H,6-7,11H2,1H3;1-3H;1-4H2. The molecule has 4 aromatic carbocycles. The molecular weight excluding hydrogens is 830 g/mol. The monoisotopic (exact) mass is 868 g/mol. The summed E-state index contributed by atoms with van der Waals surface area (Å²) >= 11 is 26.1. The number of esters is 2. The van der Waals surface area contributed by atoms with Crippen molar-refractivity contribution in [3.63, 3.8) is 0 Å². The number of halogens is 4. The molecule has 0 radical (unpaired) electrons. The molecule has 1 fully saturated rings. The van der Waals surface area contributed by atoms with Crippen LogP contribution >= 0.6 is 69.9 Å². The Bertz CT molecular complexity index is 1840. The second-order valence-electron chi connectivity index (χ2n) is 10.8.